The number of nitrogens with one attached hydrogen (secondary N) is 1. The molecule has 0 aromatic heterocycles. The number of para-hydroxylation sites is 1. The monoisotopic (exact) mass is 706 g/mol. The van der Waals surface area contributed by atoms with E-state index in [1.165, 1.54) is 110 Å². The van der Waals surface area contributed by atoms with Crippen LogP contribution in [-0.4, -0.2) is 12.6 Å². The van der Waals surface area contributed by atoms with Crippen LogP contribution in [0.25, 0.3) is 22.3 Å². The van der Waals surface area contributed by atoms with Crippen molar-refractivity contribution >= 4 is 17.1 Å². The van der Waals surface area contributed by atoms with Crippen LogP contribution in [0.5, 0.6) is 0 Å². The molecule has 0 heterocycles. The molecule has 0 fully saturated rings. The number of nitrogens with two attached hydrogens (primary N) is 1. The lowest BCUT2D eigenvalue weighted by atomic mass is 9.77. The lowest BCUT2D eigenvalue weighted by Gasteiger charge is -2.39. The van der Waals surface area contributed by atoms with E-state index >= 15 is 0 Å². The summed E-state index contributed by atoms with van der Waals surface area (Å²) in [6.07, 6.45) is 15.0. The molecule has 2 atom stereocenters. The number of nitrogens with zero attached hydrogens (tertiary/aromatic N) is 1. The van der Waals surface area contributed by atoms with Gasteiger partial charge in [0.25, 0.3) is 0 Å². The molecule has 53 heavy (non-hydrogen) atoms. The smallest absolute Gasteiger partial charge is 0.0856 e. The molecule has 3 nitrogen and oxygen atoms in total. The van der Waals surface area contributed by atoms with E-state index in [0.717, 1.165) is 30.0 Å². The Hall–Kier alpha value is -4.18. The van der Waals surface area contributed by atoms with E-state index in [-0.39, 0.29) is 6.04 Å². The Bertz CT molecular complexity index is 1840. The van der Waals surface area contributed by atoms with Crippen molar-refractivity contribution < 1.29 is 0 Å². The van der Waals surface area contributed by atoms with Gasteiger partial charge in [-0.3, -0.25) is 0 Å². The zero-order valence-corrected chi connectivity index (χ0v) is 32.9. The normalized spacial score (nSPS) is 15.4. The van der Waals surface area contributed by atoms with E-state index in [1.807, 2.05) is 0 Å². The molecule has 0 spiro atoms. The Morgan fingerprint density at radius 1 is 0.547 bits per heavy atom. The van der Waals surface area contributed by atoms with Gasteiger partial charge >= 0.3 is 0 Å². The summed E-state index contributed by atoms with van der Waals surface area (Å²) in [5.74, 6) is 0.499. The van der Waals surface area contributed by atoms with Gasteiger partial charge in [-0.2, -0.15) is 0 Å². The third-order valence-electron chi connectivity index (χ3n) is 11.5. The summed E-state index contributed by atoms with van der Waals surface area (Å²) in [6, 6.07) is 44.9. The molecule has 2 unspecified atom stereocenters. The lowest BCUT2D eigenvalue weighted by Crippen LogP contribution is -2.55. The van der Waals surface area contributed by atoms with Crippen molar-refractivity contribution in [1.29, 1.82) is 0 Å². The van der Waals surface area contributed by atoms with Crippen LogP contribution in [0.15, 0.2) is 121 Å². The lowest BCUT2D eigenvalue weighted by molar-refractivity contribution is 0.310. The summed E-state index contributed by atoms with van der Waals surface area (Å²) in [4.78, 5) is 2.35. The van der Waals surface area contributed by atoms with Crippen LogP contribution < -0.4 is 16.0 Å². The molecular weight excluding hydrogens is 643 g/mol. The number of rotatable bonds is 20. The average Bonchev–Trinajstić information content (AvgIpc) is 3.48. The molecule has 0 radical (unpaired) electrons. The highest BCUT2D eigenvalue weighted by Gasteiger charge is 2.47. The molecule has 1 aliphatic carbocycles. The first-order chi connectivity index (χ1) is 26.0. The predicted octanol–water partition coefficient (Wildman–Crippen LogP) is 13.8. The maximum absolute atomic E-state index is 7.45. The Balaban J connectivity index is 1.34. The molecule has 0 bridgehead atoms. The Morgan fingerprint density at radius 2 is 1.09 bits per heavy atom. The number of anilines is 3. The number of hydrogen-bond acceptors (Lipinski definition) is 3. The zero-order chi connectivity index (χ0) is 37.0. The van der Waals surface area contributed by atoms with Crippen molar-refractivity contribution in [2.75, 3.05) is 11.4 Å². The SMILES string of the molecule is CCCCCCCCNC1(C(N)CCCCCCC)c2ccccc2-c2ccc(-c3ccc(N(c4ccccc4)c4ccc(C(C)C)cc4)cc3)cc21. The molecule has 0 aliphatic heterocycles. The minimum atomic E-state index is -0.414. The van der Waals surface area contributed by atoms with Crippen LogP contribution in [0.1, 0.15) is 127 Å². The van der Waals surface area contributed by atoms with E-state index in [4.69, 9.17) is 5.73 Å². The van der Waals surface area contributed by atoms with E-state index in [9.17, 15) is 0 Å². The molecule has 1 aliphatic rings. The third kappa shape index (κ3) is 8.80. The van der Waals surface area contributed by atoms with Crippen molar-refractivity contribution in [1.82, 2.24) is 5.32 Å². The topological polar surface area (TPSA) is 41.3 Å². The summed E-state index contributed by atoms with van der Waals surface area (Å²) in [5, 5.41) is 4.17. The van der Waals surface area contributed by atoms with E-state index < -0.39 is 5.54 Å². The van der Waals surface area contributed by atoms with Crippen LogP contribution in [0.4, 0.5) is 17.1 Å². The first-order valence-corrected chi connectivity index (χ1v) is 20.8. The van der Waals surface area contributed by atoms with Gasteiger partial charge in [-0.15, -0.1) is 0 Å². The molecule has 3 N–H and O–H groups in total. The molecule has 5 aromatic rings. The Morgan fingerprint density at radius 3 is 1.77 bits per heavy atom. The fourth-order valence-electron chi connectivity index (χ4n) is 8.42. The van der Waals surface area contributed by atoms with Crippen molar-refractivity contribution in [3.63, 3.8) is 0 Å². The largest absolute Gasteiger partial charge is 0.326 e. The van der Waals surface area contributed by atoms with E-state index in [1.54, 1.807) is 0 Å². The Labute approximate surface area is 321 Å². The van der Waals surface area contributed by atoms with Gasteiger partial charge in [0, 0.05) is 23.1 Å². The average molecular weight is 706 g/mol. The molecule has 6 rings (SSSR count). The van der Waals surface area contributed by atoms with Crippen molar-refractivity contribution in [2.45, 2.75) is 122 Å². The fourth-order valence-corrected chi connectivity index (χ4v) is 8.42. The van der Waals surface area contributed by atoms with Gasteiger partial charge in [0.1, 0.15) is 0 Å². The third-order valence-corrected chi connectivity index (χ3v) is 11.5. The number of fused-ring (bicyclic) bond motifs is 3. The van der Waals surface area contributed by atoms with Crippen LogP contribution in [0.2, 0.25) is 0 Å². The van der Waals surface area contributed by atoms with Crippen LogP contribution in [-0.2, 0) is 5.54 Å². The minimum absolute atomic E-state index is 0.0224. The zero-order valence-electron chi connectivity index (χ0n) is 32.9. The summed E-state index contributed by atoms with van der Waals surface area (Å²) >= 11 is 0. The van der Waals surface area contributed by atoms with Crippen molar-refractivity contribution in [2.24, 2.45) is 5.73 Å². The first kappa shape index (κ1) is 38.5. The molecular formula is C50H63N3. The highest BCUT2D eigenvalue weighted by Crippen LogP contribution is 2.51. The van der Waals surface area contributed by atoms with Crippen LogP contribution in [0.3, 0.4) is 0 Å². The second kappa shape index (κ2) is 18.7. The van der Waals surface area contributed by atoms with Gasteiger partial charge in [0.2, 0.25) is 0 Å². The summed E-state index contributed by atoms with van der Waals surface area (Å²) in [6.45, 7) is 10.0. The maximum Gasteiger partial charge on any atom is 0.0856 e. The van der Waals surface area contributed by atoms with Gasteiger partial charge in [0.05, 0.1) is 5.54 Å². The quantitative estimate of drug-likeness (QED) is 0.0792. The minimum Gasteiger partial charge on any atom is -0.326 e. The number of unbranched alkanes of at least 4 members (excludes halogenated alkanes) is 9. The maximum atomic E-state index is 7.45. The molecule has 0 saturated carbocycles. The van der Waals surface area contributed by atoms with Gasteiger partial charge in [-0.05, 0) is 107 Å². The summed E-state index contributed by atoms with van der Waals surface area (Å²) < 4.78 is 0. The first-order valence-electron chi connectivity index (χ1n) is 20.8. The van der Waals surface area contributed by atoms with Gasteiger partial charge in [-0.25, -0.2) is 0 Å². The molecule has 0 amide bonds. The molecule has 5 aromatic carbocycles. The highest BCUT2D eigenvalue weighted by molar-refractivity contribution is 5.85. The molecule has 3 heteroatoms. The standard InChI is InChI=1S/C50H63N3/c1-5-7-9-11-13-20-36-52-50(49(51)25-17-12-10-8-6-2)47-24-19-18-23-45(47)46-35-30-41(37-48(46)50)40-28-33-44(34-29-40)53(42-21-15-14-16-22-42)43-31-26-39(27-32-43)38(3)4/h14-16,18-19,21-24,26-35,37-38,49,52H,5-13,17,20,25,36,51H2,1-4H3. The van der Waals surface area contributed by atoms with Gasteiger partial charge in [0.15, 0.2) is 0 Å². The van der Waals surface area contributed by atoms with E-state index in [2.05, 4.69) is 159 Å². The van der Waals surface area contributed by atoms with Crippen molar-refractivity contribution in [3.05, 3.63) is 138 Å². The summed E-state index contributed by atoms with van der Waals surface area (Å²) in [5.41, 5.74) is 19.6. The number of benzene rings is 5. The van der Waals surface area contributed by atoms with Crippen molar-refractivity contribution in [3.8, 4) is 22.3 Å². The molecule has 278 valence electrons. The predicted molar refractivity (Wildman–Crippen MR) is 230 cm³/mol. The van der Waals surface area contributed by atoms with Gasteiger partial charge < -0.3 is 16.0 Å². The van der Waals surface area contributed by atoms with Crippen LogP contribution >= 0.6 is 0 Å². The second-order valence-electron chi connectivity index (χ2n) is 15.6. The number of hydrogen-bond donors (Lipinski definition) is 2. The molecule has 0 saturated heterocycles. The van der Waals surface area contributed by atoms with E-state index in [0.29, 0.717) is 5.92 Å². The Kier molecular flexibility index (Phi) is 13.6. The highest BCUT2D eigenvalue weighted by atomic mass is 15.1. The fraction of sp³-hybridized carbons (Fsp3) is 0.400. The second-order valence-corrected chi connectivity index (χ2v) is 15.6. The van der Waals surface area contributed by atoms with Crippen LogP contribution in [0, 0.1) is 0 Å². The summed E-state index contributed by atoms with van der Waals surface area (Å²) in [7, 11) is 0. The van der Waals surface area contributed by atoms with Gasteiger partial charge in [-0.1, -0.05) is 171 Å².